The van der Waals surface area contributed by atoms with Gasteiger partial charge in [0.15, 0.2) is 12.4 Å². The molecule has 0 heterocycles. The number of ether oxygens (including phenoxy) is 2. The molecule has 2 aromatic carbocycles. The van der Waals surface area contributed by atoms with Crippen LogP contribution in [0.25, 0.3) is 0 Å². The first-order valence-corrected chi connectivity index (χ1v) is 8.72. The van der Waals surface area contributed by atoms with E-state index in [0.29, 0.717) is 15.8 Å². The van der Waals surface area contributed by atoms with E-state index < -0.39 is 17.4 Å². The maximum absolute atomic E-state index is 12.1. The quantitative estimate of drug-likeness (QED) is 0.380. The lowest BCUT2D eigenvalue weighted by atomic mass is 10.1. The summed E-state index contributed by atoms with van der Waals surface area (Å²) in [5.41, 5.74) is 0.0818. The van der Waals surface area contributed by atoms with Crippen molar-refractivity contribution in [1.82, 2.24) is 0 Å². The van der Waals surface area contributed by atoms with Crippen molar-refractivity contribution in [1.29, 1.82) is 0 Å². The van der Waals surface area contributed by atoms with E-state index in [2.05, 4.69) is 21.2 Å². The number of benzene rings is 2. The number of ketones is 1. The van der Waals surface area contributed by atoms with E-state index in [-0.39, 0.29) is 29.3 Å². The SMILES string of the molecule is CCC(=O)c1cc(Br)ccc1OCC(=O)Nc1ccc(OC)cc1[N+](=O)[O-]. The molecule has 8 nitrogen and oxygen atoms in total. The molecule has 0 radical (unpaired) electrons. The number of carbonyl (C=O) groups excluding carboxylic acids is 2. The Kier molecular flexibility index (Phi) is 6.89. The van der Waals surface area contributed by atoms with Crippen molar-refractivity contribution in [3.05, 3.63) is 56.5 Å². The summed E-state index contributed by atoms with van der Waals surface area (Å²) in [6, 6.07) is 8.97. The topological polar surface area (TPSA) is 108 Å². The molecule has 0 aromatic heterocycles. The summed E-state index contributed by atoms with van der Waals surface area (Å²) >= 11 is 3.29. The Hall–Kier alpha value is -2.94. The third-order valence-electron chi connectivity index (χ3n) is 3.60. The molecule has 1 N–H and O–H groups in total. The van der Waals surface area contributed by atoms with Crippen LogP contribution >= 0.6 is 15.9 Å². The second-order valence-electron chi connectivity index (χ2n) is 5.39. The number of nitro groups is 1. The second kappa shape index (κ2) is 9.13. The van der Waals surface area contributed by atoms with E-state index in [1.807, 2.05) is 0 Å². The smallest absolute Gasteiger partial charge is 0.296 e. The minimum Gasteiger partial charge on any atom is -0.496 e. The number of nitrogens with one attached hydrogen (secondary N) is 1. The summed E-state index contributed by atoms with van der Waals surface area (Å²) in [5, 5.41) is 13.6. The standard InChI is InChI=1S/C18H17BrN2O6/c1-3-16(22)13-8-11(19)4-7-17(13)27-10-18(23)20-14-6-5-12(26-2)9-15(14)21(24)25/h4-9H,3,10H2,1-2H3,(H,20,23). The van der Waals surface area contributed by atoms with Gasteiger partial charge in [-0.2, -0.15) is 0 Å². The number of carbonyl (C=O) groups is 2. The number of halogens is 1. The molecule has 0 aliphatic carbocycles. The Labute approximate surface area is 163 Å². The van der Waals surface area contributed by atoms with Crippen molar-refractivity contribution >= 4 is 39.0 Å². The number of nitro benzene ring substituents is 1. The molecule has 0 atom stereocenters. The van der Waals surface area contributed by atoms with Crippen molar-refractivity contribution in [2.24, 2.45) is 0 Å². The van der Waals surface area contributed by atoms with Crippen LogP contribution in [0, 0.1) is 10.1 Å². The van der Waals surface area contributed by atoms with Gasteiger partial charge in [-0.3, -0.25) is 19.7 Å². The van der Waals surface area contributed by atoms with Crippen LogP contribution in [0.15, 0.2) is 40.9 Å². The van der Waals surface area contributed by atoms with Crippen molar-refractivity contribution in [3.63, 3.8) is 0 Å². The predicted molar refractivity (Wildman–Crippen MR) is 103 cm³/mol. The molecular formula is C18H17BrN2O6. The number of hydrogen-bond donors (Lipinski definition) is 1. The summed E-state index contributed by atoms with van der Waals surface area (Å²) in [7, 11) is 1.39. The zero-order valence-electron chi connectivity index (χ0n) is 14.7. The van der Waals surface area contributed by atoms with Crippen LogP contribution in [-0.2, 0) is 4.79 Å². The molecule has 0 aliphatic rings. The Balaban J connectivity index is 2.12. The molecule has 0 fully saturated rings. The maximum atomic E-state index is 12.1. The number of rotatable bonds is 8. The fourth-order valence-corrected chi connectivity index (χ4v) is 2.62. The summed E-state index contributed by atoms with van der Waals surface area (Å²) in [6.07, 6.45) is 0.289. The van der Waals surface area contributed by atoms with Crippen LogP contribution in [0.1, 0.15) is 23.7 Å². The lowest BCUT2D eigenvalue weighted by Gasteiger charge is -2.11. The van der Waals surface area contributed by atoms with E-state index in [4.69, 9.17) is 9.47 Å². The highest BCUT2D eigenvalue weighted by Gasteiger charge is 2.18. The van der Waals surface area contributed by atoms with Crippen LogP contribution in [0.5, 0.6) is 11.5 Å². The monoisotopic (exact) mass is 436 g/mol. The van der Waals surface area contributed by atoms with Gasteiger partial charge in [-0.05, 0) is 30.3 Å². The highest BCUT2D eigenvalue weighted by molar-refractivity contribution is 9.10. The molecule has 0 saturated heterocycles. The van der Waals surface area contributed by atoms with Crippen LogP contribution in [0.3, 0.4) is 0 Å². The average molecular weight is 437 g/mol. The first-order valence-electron chi connectivity index (χ1n) is 7.93. The molecule has 9 heteroatoms. The van der Waals surface area contributed by atoms with E-state index in [0.717, 1.165) is 0 Å². The first kappa shape index (κ1) is 20.4. The fraction of sp³-hybridized carbons (Fsp3) is 0.222. The number of hydrogen-bond acceptors (Lipinski definition) is 6. The molecule has 27 heavy (non-hydrogen) atoms. The van der Waals surface area contributed by atoms with Gasteiger partial charge in [0.25, 0.3) is 11.6 Å². The molecule has 2 aromatic rings. The van der Waals surface area contributed by atoms with Gasteiger partial charge in [0, 0.05) is 10.9 Å². The highest BCUT2D eigenvalue weighted by atomic mass is 79.9. The van der Waals surface area contributed by atoms with E-state index in [1.165, 1.54) is 25.3 Å². The normalized spacial score (nSPS) is 10.2. The predicted octanol–water partition coefficient (Wildman–Crippen LogP) is 3.98. The number of Topliss-reactive ketones (excluding diaryl/α,β-unsaturated/α-hetero) is 1. The van der Waals surface area contributed by atoms with Gasteiger partial charge in [0.1, 0.15) is 17.2 Å². The maximum Gasteiger partial charge on any atom is 0.296 e. The van der Waals surface area contributed by atoms with Gasteiger partial charge in [0.05, 0.1) is 23.7 Å². The Morgan fingerprint density at radius 2 is 1.96 bits per heavy atom. The van der Waals surface area contributed by atoms with Crippen LogP contribution in [0.4, 0.5) is 11.4 Å². The second-order valence-corrected chi connectivity index (χ2v) is 6.31. The zero-order valence-corrected chi connectivity index (χ0v) is 16.2. The number of amides is 1. The van der Waals surface area contributed by atoms with Gasteiger partial charge < -0.3 is 14.8 Å². The summed E-state index contributed by atoms with van der Waals surface area (Å²) in [4.78, 5) is 34.7. The molecule has 0 bridgehead atoms. The van der Waals surface area contributed by atoms with E-state index in [9.17, 15) is 19.7 Å². The van der Waals surface area contributed by atoms with Crippen LogP contribution in [0.2, 0.25) is 0 Å². The summed E-state index contributed by atoms with van der Waals surface area (Å²) < 4.78 is 11.1. The molecule has 142 valence electrons. The lowest BCUT2D eigenvalue weighted by molar-refractivity contribution is -0.384. The van der Waals surface area contributed by atoms with Gasteiger partial charge in [-0.1, -0.05) is 22.9 Å². The minimum absolute atomic E-state index is 0.0232. The van der Waals surface area contributed by atoms with Gasteiger partial charge in [-0.25, -0.2) is 0 Å². The van der Waals surface area contributed by atoms with Gasteiger partial charge in [0.2, 0.25) is 0 Å². The van der Waals surface area contributed by atoms with Gasteiger partial charge >= 0.3 is 0 Å². The fourth-order valence-electron chi connectivity index (χ4n) is 2.26. The van der Waals surface area contributed by atoms with Crippen molar-refractivity contribution < 1.29 is 24.0 Å². The van der Waals surface area contributed by atoms with Crippen LogP contribution < -0.4 is 14.8 Å². The van der Waals surface area contributed by atoms with Crippen molar-refractivity contribution in [2.75, 3.05) is 19.0 Å². The summed E-state index contributed by atoms with van der Waals surface area (Å²) in [6.45, 7) is 1.32. The molecule has 1 amide bonds. The minimum atomic E-state index is -0.619. The summed E-state index contributed by atoms with van der Waals surface area (Å²) in [5.74, 6) is -0.156. The molecule has 2 rings (SSSR count). The largest absolute Gasteiger partial charge is 0.496 e. The van der Waals surface area contributed by atoms with E-state index >= 15 is 0 Å². The Bertz CT molecular complexity index is 884. The van der Waals surface area contributed by atoms with Crippen molar-refractivity contribution in [2.45, 2.75) is 13.3 Å². The van der Waals surface area contributed by atoms with E-state index in [1.54, 1.807) is 25.1 Å². The van der Waals surface area contributed by atoms with Crippen molar-refractivity contribution in [3.8, 4) is 11.5 Å². The Morgan fingerprint density at radius 3 is 2.59 bits per heavy atom. The molecule has 0 saturated carbocycles. The molecule has 0 aliphatic heterocycles. The molecular weight excluding hydrogens is 420 g/mol. The first-order chi connectivity index (χ1) is 12.8. The average Bonchev–Trinajstić information content (AvgIpc) is 2.66. The third-order valence-corrected chi connectivity index (χ3v) is 4.09. The zero-order chi connectivity index (χ0) is 20.0. The highest BCUT2D eigenvalue weighted by Crippen LogP contribution is 2.29. The Morgan fingerprint density at radius 1 is 1.22 bits per heavy atom. The number of nitrogens with zero attached hydrogens (tertiary/aromatic N) is 1. The molecule has 0 spiro atoms. The number of anilines is 1. The van der Waals surface area contributed by atoms with Gasteiger partial charge in [-0.15, -0.1) is 0 Å². The lowest BCUT2D eigenvalue weighted by Crippen LogP contribution is -2.21. The molecule has 0 unspecified atom stereocenters. The number of methoxy groups -OCH3 is 1. The van der Waals surface area contributed by atoms with Crippen LogP contribution in [-0.4, -0.2) is 30.3 Å². The third kappa shape index (κ3) is 5.27.